The quantitative estimate of drug-likeness (QED) is 0.680. The standard InChI is InChI=1S/C21H18O2S/c22-20(17-12-6-2-7-13-17)19(16-10-4-1-5-11-16)21(23)24-18-14-8-3-9-15-18/h1-15,19-20,22H/t19-,20+/m0/s1. The topological polar surface area (TPSA) is 37.3 Å². The van der Waals surface area contributed by atoms with Crippen LogP contribution in [0.5, 0.6) is 0 Å². The van der Waals surface area contributed by atoms with Crippen LogP contribution in [0.3, 0.4) is 0 Å². The van der Waals surface area contributed by atoms with Crippen molar-refractivity contribution in [3.05, 3.63) is 102 Å². The molecule has 120 valence electrons. The molecule has 1 N–H and O–H groups in total. The third-order valence-electron chi connectivity index (χ3n) is 3.83. The molecule has 0 aromatic heterocycles. The van der Waals surface area contributed by atoms with Gasteiger partial charge in [0.15, 0.2) is 0 Å². The highest BCUT2D eigenvalue weighted by atomic mass is 32.2. The molecule has 3 aromatic rings. The molecule has 0 saturated heterocycles. The van der Waals surface area contributed by atoms with Gasteiger partial charge in [0, 0.05) is 4.90 Å². The Bertz CT molecular complexity index is 773. The molecule has 0 radical (unpaired) electrons. The number of aliphatic hydroxyl groups is 1. The summed E-state index contributed by atoms with van der Waals surface area (Å²) in [5.41, 5.74) is 1.57. The van der Waals surface area contributed by atoms with Gasteiger partial charge in [-0.2, -0.15) is 0 Å². The molecule has 24 heavy (non-hydrogen) atoms. The van der Waals surface area contributed by atoms with Gasteiger partial charge < -0.3 is 5.11 Å². The lowest BCUT2D eigenvalue weighted by Crippen LogP contribution is -2.18. The summed E-state index contributed by atoms with van der Waals surface area (Å²) in [5, 5.41) is 10.8. The molecule has 0 aliphatic carbocycles. The number of rotatable bonds is 5. The average molecular weight is 334 g/mol. The predicted molar refractivity (Wildman–Crippen MR) is 97.9 cm³/mol. The summed E-state index contributed by atoms with van der Waals surface area (Å²) < 4.78 is 0. The molecule has 2 atom stereocenters. The first-order chi connectivity index (χ1) is 11.8. The molecular formula is C21H18O2S. The van der Waals surface area contributed by atoms with Crippen LogP contribution in [-0.2, 0) is 4.79 Å². The fourth-order valence-electron chi connectivity index (χ4n) is 2.62. The smallest absolute Gasteiger partial charge is 0.204 e. The molecule has 3 heteroatoms. The normalized spacial score (nSPS) is 13.2. The first kappa shape index (κ1) is 16.5. The van der Waals surface area contributed by atoms with Crippen LogP contribution in [0.15, 0.2) is 95.9 Å². The lowest BCUT2D eigenvalue weighted by molar-refractivity contribution is -0.114. The molecular weight excluding hydrogens is 316 g/mol. The van der Waals surface area contributed by atoms with Crippen molar-refractivity contribution in [2.24, 2.45) is 0 Å². The van der Waals surface area contributed by atoms with Gasteiger partial charge in [0.25, 0.3) is 0 Å². The number of carbonyl (C=O) groups excluding carboxylic acids is 1. The van der Waals surface area contributed by atoms with Gasteiger partial charge in [-0.25, -0.2) is 0 Å². The SMILES string of the molecule is O=C(Sc1ccccc1)[C@@H](c1ccccc1)[C@H](O)c1ccccc1. The van der Waals surface area contributed by atoms with Crippen LogP contribution < -0.4 is 0 Å². The van der Waals surface area contributed by atoms with E-state index in [-0.39, 0.29) is 5.12 Å². The maximum Gasteiger partial charge on any atom is 0.204 e. The number of hydrogen-bond acceptors (Lipinski definition) is 3. The third kappa shape index (κ3) is 3.94. The second kappa shape index (κ2) is 7.95. The second-order valence-electron chi connectivity index (χ2n) is 5.48. The maximum absolute atomic E-state index is 12.9. The van der Waals surface area contributed by atoms with Gasteiger partial charge in [-0.3, -0.25) is 4.79 Å². The van der Waals surface area contributed by atoms with Crippen LogP contribution in [-0.4, -0.2) is 10.2 Å². The highest BCUT2D eigenvalue weighted by molar-refractivity contribution is 8.13. The number of benzene rings is 3. The zero-order valence-electron chi connectivity index (χ0n) is 13.1. The monoisotopic (exact) mass is 334 g/mol. The molecule has 0 aliphatic heterocycles. The van der Waals surface area contributed by atoms with Gasteiger partial charge in [0.1, 0.15) is 0 Å². The number of carbonyl (C=O) groups is 1. The van der Waals surface area contributed by atoms with E-state index in [4.69, 9.17) is 0 Å². The van der Waals surface area contributed by atoms with E-state index in [9.17, 15) is 9.90 Å². The minimum absolute atomic E-state index is 0.0660. The molecule has 0 bridgehead atoms. The van der Waals surface area contributed by atoms with Gasteiger partial charge >= 0.3 is 0 Å². The van der Waals surface area contributed by atoms with Gasteiger partial charge in [0.05, 0.1) is 12.0 Å². The molecule has 0 saturated carbocycles. The minimum atomic E-state index is -0.877. The van der Waals surface area contributed by atoms with Crippen molar-refractivity contribution in [3.8, 4) is 0 Å². The van der Waals surface area contributed by atoms with Crippen LogP contribution in [0.2, 0.25) is 0 Å². The van der Waals surface area contributed by atoms with E-state index in [1.807, 2.05) is 91.0 Å². The zero-order valence-corrected chi connectivity index (χ0v) is 13.9. The van der Waals surface area contributed by atoms with Gasteiger partial charge in [-0.15, -0.1) is 0 Å². The molecule has 0 aliphatic rings. The molecule has 0 heterocycles. The highest BCUT2D eigenvalue weighted by Crippen LogP contribution is 2.37. The summed E-state index contributed by atoms with van der Waals surface area (Å²) in [4.78, 5) is 13.8. The Labute approximate surface area is 146 Å². The Balaban J connectivity index is 1.92. The summed E-state index contributed by atoms with van der Waals surface area (Å²) in [6.07, 6.45) is -0.877. The van der Waals surface area contributed by atoms with Crippen molar-refractivity contribution in [1.82, 2.24) is 0 Å². The summed E-state index contributed by atoms with van der Waals surface area (Å²) in [7, 11) is 0. The summed E-state index contributed by atoms with van der Waals surface area (Å²) in [6.45, 7) is 0. The van der Waals surface area contributed by atoms with Crippen LogP contribution in [0.4, 0.5) is 0 Å². The van der Waals surface area contributed by atoms with E-state index in [1.165, 1.54) is 11.8 Å². The lowest BCUT2D eigenvalue weighted by atomic mass is 9.90. The van der Waals surface area contributed by atoms with Crippen molar-refractivity contribution in [2.75, 3.05) is 0 Å². The molecule has 0 unspecified atom stereocenters. The van der Waals surface area contributed by atoms with Crippen LogP contribution in [0.25, 0.3) is 0 Å². The van der Waals surface area contributed by atoms with Crippen molar-refractivity contribution < 1.29 is 9.90 Å². The van der Waals surface area contributed by atoms with Crippen molar-refractivity contribution in [1.29, 1.82) is 0 Å². The Morgan fingerprint density at radius 3 is 1.71 bits per heavy atom. The molecule has 3 aromatic carbocycles. The molecule has 0 fully saturated rings. The lowest BCUT2D eigenvalue weighted by Gasteiger charge is -2.22. The fourth-order valence-corrected chi connectivity index (χ4v) is 3.54. The molecule has 0 spiro atoms. The Kier molecular flexibility index (Phi) is 5.47. The van der Waals surface area contributed by atoms with Gasteiger partial charge in [0.2, 0.25) is 5.12 Å². The van der Waals surface area contributed by atoms with Gasteiger partial charge in [-0.05, 0) is 23.3 Å². The van der Waals surface area contributed by atoms with Crippen molar-refractivity contribution in [3.63, 3.8) is 0 Å². The van der Waals surface area contributed by atoms with Crippen molar-refractivity contribution >= 4 is 16.9 Å². The summed E-state index contributed by atoms with van der Waals surface area (Å²) in [5.74, 6) is -0.612. The minimum Gasteiger partial charge on any atom is -0.387 e. The predicted octanol–water partition coefficient (Wildman–Crippen LogP) is 4.82. The average Bonchev–Trinajstić information content (AvgIpc) is 2.64. The maximum atomic E-state index is 12.9. The summed E-state index contributed by atoms with van der Waals surface area (Å²) >= 11 is 1.17. The molecule has 0 amide bonds. The van der Waals surface area contributed by atoms with Crippen LogP contribution in [0.1, 0.15) is 23.1 Å². The Morgan fingerprint density at radius 2 is 1.17 bits per heavy atom. The van der Waals surface area contributed by atoms with Gasteiger partial charge in [-0.1, -0.05) is 90.6 Å². The Morgan fingerprint density at radius 1 is 0.708 bits per heavy atom. The second-order valence-corrected chi connectivity index (χ2v) is 6.56. The van der Waals surface area contributed by atoms with Crippen molar-refractivity contribution in [2.45, 2.75) is 16.9 Å². The third-order valence-corrected chi connectivity index (χ3v) is 4.79. The van der Waals surface area contributed by atoms with E-state index in [1.54, 1.807) is 0 Å². The van der Waals surface area contributed by atoms with E-state index < -0.39 is 12.0 Å². The van der Waals surface area contributed by atoms with Crippen LogP contribution >= 0.6 is 11.8 Å². The first-order valence-corrected chi connectivity index (χ1v) is 8.62. The van der Waals surface area contributed by atoms with E-state index >= 15 is 0 Å². The first-order valence-electron chi connectivity index (χ1n) is 7.80. The number of hydrogen-bond donors (Lipinski definition) is 1. The number of aliphatic hydroxyl groups excluding tert-OH is 1. The highest BCUT2D eigenvalue weighted by Gasteiger charge is 2.30. The Hall–Kier alpha value is -2.36. The zero-order chi connectivity index (χ0) is 16.8. The molecule has 2 nitrogen and oxygen atoms in total. The fraction of sp³-hybridized carbons (Fsp3) is 0.0952. The van der Waals surface area contributed by atoms with Crippen LogP contribution in [0, 0.1) is 0 Å². The van der Waals surface area contributed by atoms with E-state index in [2.05, 4.69) is 0 Å². The van der Waals surface area contributed by atoms with E-state index in [0.717, 1.165) is 16.0 Å². The molecule has 3 rings (SSSR count). The number of thioether (sulfide) groups is 1. The van der Waals surface area contributed by atoms with E-state index in [0.29, 0.717) is 0 Å². The summed E-state index contributed by atoms with van der Waals surface area (Å²) in [6, 6.07) is 28.3. The largest absolute Gasteiger partial charge is 0.387 e.